The topological polar surface area (TPSA) is 43.8 Å². The highest BCUT2D eigenvalue weighted by Gasteiger charge is 2.05. The number of aliphatic carboxylic acids is 1. The Balaban J connectivity index is 2.66. The van der Waals surface area contributed by atoms with Crippen LogP contribution in [0.4, 0.5) is 5.69 Å². The number of hydrogen-bond donors (Lipinski definition) is 1. The Morgan fingerprint density at radius 3 is 2.56 bits per heavy atom. The van der Waals surface area contributed by atoms with E-state index >= 15 is 0 Å². The summed E-state index contributed by atoms with van der Waals surface area (Å²) in [4.78, 5) is 14.3. The summed E-state index contributed by atoms with van der Waals surface area (Å²) in [7, 11) is 5.77. The molecule has 0 amide bonds. The summed E-state index contributed by atoms with van der Waals surface area (Å²) in [5, 5.41) is 8.65. The molecule has 88 valence electrons. The van der Waals surface area contributed by atoms with E-state index in [9.17, 15) is 4.79 Å². The Hall–Kier alpha value is -1.55. The second-order valence-corrected chi connectivity index (χ2v) is 4.13. The quantitative estimate of drug-likeness (QED) is 0.814. The van der Waals surface area contributed by atoms with Gasteiger partial charge in [-0.25, -0.2) is 0 Å². The number of anilines is 1. The smallest absolute Gasteiger partial charge is 0.317 e. The summed E-state index contributed by atoms with van der Waals surface area (Å²) >= 11 is 0. The Morgan fingerprint density at radius 1 is 1.31 bits per heavy atom. The van der Waals surface area contributed by atoms with Crippen molar-refractivity contribution in [1.29, 1.82) is 0 Å². The molecule has 1 aromatic rings. The Kier molecular flexibility index (Phi) is 4.31. The molecular weight excluding hydrogens is 204 g/mol. The number of benzene rings is 1. The maximum atomic E-state index is 10.5. The largest absolute Gasteiger partial charge is 0.480 e. The minimum absolute atomic E-state index is 0.0617. The van der Waals surface area contributed by atoms with Crippen molar-refractivity contribution >= 4 is 11.7 Å². The summed E-state index contributed by atoms with van der Waals surface area (Å²) in [6.45, 7) is 0.709. The van der Waals surface area contributed by atoms with E-state index in [0.717, 1.165) is 11.3 Å². The third-order valence-corrected chi connectivity index (χ3v) is 2.28. The first-order valence-electron chi connectivity index (χ1n) is 5.15. The number of carboxylic acids is 1. The second-order valence-electron chi connectivity index (χ2n) is 4.13. The molecule has 0 radical (unpaired) electrons. The molecule has 1 aromatic carbocycles. The molecule has 0 heterocycles. The summed E-state index contributed by atoms with van der Waals surface area (Å²) in [6.07, 6.45) is 0. The van der Waals surface area contributed by atoms with Crippen LogP contribution in [0.1, 0.15) is 5.56 Å². The van der Waals surface area contributed by atoms with E-state index in [1.165, 1.54) is 0 Å². The Bertz CT molecular complexity index is 364. The van der Waals surface area contributed by atoms with Crippen LogP contribution in [0.2, 0.25) is 0 Å². The summed E-state index contributed by atoms with van der Waals surface area (Å²) in [5.74, 6) is -0.800. The summed E-state index contributed by atoms with van der Waals surface area (Å²) < 4.78 is 0. The fraction of sp³-hybridized carbons (Fsp3) is 0.417. The lowest BCUT2D eigenvalue weighted by Crippen LogP contribution is -2.25. The lowest BCUT2D eigenvalue weighted by atomic mass is 10.2. The third kappa shape index (κ3) is 3.90. The van der Waals surface area contributed by atoms with Crippen molar-refractivity contribution in [2.24, 2.45) is 0 Å². The molecule has 0 aliphatic carbocycles. The zero-order valence-electron chi connectivity index (χ0n) is 9.97. The van der Waals surface area contributed by atoms with E-state index in [-0.39, 0.29) is 6.54 Å². The van der Waals surface area contributed by atoms with Gasteiger partial charge in [-0.05, 0) is 24.7 Å². The second kappa shape index (κ2) is 5.51. The van der Waals surface area contributed by atoms with E-state index in [0.29, 0.717) is 6.54 Å². The van der Waals surface area contributed by atoms with Gasteiger partial charge in [-0.2, -0.15) is 0 Å². The molecule has 0 aliphatic rings. The van der Waals surface area contributed by atoms with Gasteiger partial charge in [0, 0.05) is 26.3 Å². The van der Waals surface area contributed by atoms with E-state index in [2.05, 4.69) is 6.07 Å². The Morgan fingerprint density at radius 2 is 2.00 bits per heavy atom. The third-order valence-electron chi connectivity index (χ3n) is 2.28. The highest BCUT2D eigenvalue weighted by molar-refractivity contribution is 5.69. The molecule has 1 N–H and O–H groups in total. The molecule has 0 fully saturated rings. The van der Waals surface area contributed by atoms with Crippen LogP contribution in [0, 0.1) is 0 Å². The number of rotatable bonds is 5. The fourth-order valence-electron chi connectivity index (χ4n) is 1.53. The van der Waals surface area contributed by atoms with Crippen molar-refractivity contribution in [1.82, 2.24) is 4.90 Å². The van der Waals surface area contributed by atoms with Crippen LogP contribution in [0.25, 0.3) is 0 Å². The molecule has 0 atom stereocenters. The molecule has 1 rings (SSSR count). The van der Waals surface area contributed by atoms with Crippen LogP contribution in [0.3, 0.4) is 0 Å². The monoisotopic (exact) mass is 222 g/mol. The molecule has 0 aromatic heterocycles. The molecule has 16 heavy (non-hydrogen) atoms. The standard InChI is InChI=1S/C12H18N2O2/c1-13(2)11-6-4-5-10(7-11)8-14(3)9-12(15)16/h4-7H,8-9H2,1-3H3,(H,15,16). The first-order valence-corrected chi connectivity index (χ1v) is 5.15. The number of hydrogen-bond acceptors (Lipinski definition) is 3. The minimum atomic E-state index is -0.800. The van der Waals surface area contributed by atoms with E-state index < -0.39 is 5.97 Å². The van der Waals surface area contributed by atoms with E-state index in [1.54, 1.807) is 11.9 Å². The van der Waals surface area contributed by atoms with Crippen molar-refractivity contribution in [2.75, 3.05) is 32.6 Å². The summed E-state index contributed by atoms with van der Waals surface area (Å²) in [5.41, 5.74) is 2.25. The maximum absolute atomic E-state index is 10.5. The van der Waals surface area contributed by atoms with E-state index in [1.807, 2.05) is 37.2 Å². The highest BCUT2D eigenvalue weighted by Crippen LogP contribution is 2.14. The van der Waals surface area contributed by atoms with Gasteiger partial charge in [0.05, 0.1) is 6.54 Å². The van der Waals surface area contributed by atoms with Gasteiger partial charge in [0.1, 0.15) is 0 Å². The van der Waals surface area contributed by atoms with Gasteiger partial charge in [-0.15, -0.1) is 0 Å². The van der Waals surface area contributed by atoms with Gasteiger partial charge in [0.2, 0.25) is 0 Å². The minimum Gasteiger partial charge on any atom is -0.480 e. The van der Waals surface area contributed by atoms with Crippen molar-refractivity contribution < 1.29 is 9.90 Å². The Labute approximate surface area is 96.1 Å². The average molecular weight is 222 g/mol. The predicted octanol–water partition coefficient (Wildman–Crippen LogP) is 1.27. The van der Waals surface area contributed by atoms with Crippen molar-refractivity contribution in [3.63, 3.8) is 0 Å². The maximum Gasteiger partial charge on any atom is 0.317 e. The lowest BCUT2D eigenvalue weighted by Gasteiger charge is -2.17. The van der Waals surface area contributed by atoms with Gasteiger partial charge in [0.15, 0.2) is 0 Å². The molecule has 0 saturated heterocycles. The van der Waals surface area contributed by atoms with Crippen LogP contribution in [-0.2, 0) is 11.3 Å². The van der Waals surface area contributed by atoms with Gasteiger partial charge >= 0.3 is 5.97 Å². The molecule has 0 bridgehead atoms. The number of carboxylic acid groups (broad SMARTS) is 1. The number of likely N-dealkylation sites (N-methyl/N-ethyl adjacent to an activating group) is 1. The van der Waals surface area contributed by atoms with Crippen LogP contribution in [0.15, 0.2) is 24.3 Å². The van der Waals surface area contributed by atoms with E-state index in [4.69, 9.17) is 5.11 Å². The molecule has 4 nitrogen and oxygen atoms in total. The molecule has 0 saturated carbocycles. The van der Waals surface area contributed by atoms with Gasteiger partial charge < -0.3 is 10.0 Å². The molecular formula is C12H18N2O2. The molecule has 0 aliphatic heterocycles. The first kappa shape index (κ1) is 12.5. The number of carbonyl (C=O) groups is 1. The van der Waals surface area contributed by atoms with Crippen LogP contribution in [0.5, 0.6) is 0 Å². The zero-order valence-corrected chi connectivity index (χ0v) is 9.97. The normalized spacial score (nSPS) is 10.5. The SMILES string of the molecule is CN(CC(=O)O)Cc1cccc(N(C)C)c1. The highest BCUT2D eigenvalue weighted by atomic mass is 16.4. The van der Waals surface area contributed by atoms with Crippen LogP contribution in [-0.4, -0.2) is 43.7 Å². The van der Waals surface area contributed by atoms with Crippen LogP contribution >= 0.6 is 0 Å². The zero-order chi connectivity index (χ0) is 12.1. The average Bonchev–Trinajstić information content (AvgIpc) is 2.16. The number of nitrogens with zero attached hydrogens (tertiary/aromatic N) is 2. The van der Waals surface area contributed by atoms with Gasteiger partial charge in [0.25, 0.3) is 0 Å². The molecule has 0 unspecified atom stereocenters. The van der Waals surface area contributed by atoms with Crippen molar-refractivity contribution in [3.8, 4) is 0 Å². The van der Waals surface area contributed by atoms with Gasteiger partial charge in [-0.1, -0.05) is 12.1 Å². The predicted molar refractivity (Wildman–Crippen MR) is 64.7 cm³/mol. The molecule has 0 spiro atoms. The lowest BCUT2D eigenvalue weighted by molar-refractivity contribution is -0.138. The van der Waals surface area contributed by atoms with Gasteiger partial charge in [-0.3, -0.25) is 9.69 Å². The first-order chi connectivity index (χ1) is 7.49. The van der Waals surface area contributed by atoms with Crippen molar-refractivity contribution in [2.45, 2.75) is 6.54 Å². The fourth-order valence-corrected chi connectivity index (χ4v) is 1.53. The summed E-state index contributed by atoms with van der Waals surface area (Å²) in [6, 6.07) is 8.09. The van der Waals surface area contributed by atoms with Crippen molar-refractivity contribution in [3.05, 3.63) is 29.8 Å². The van der Waals surface area contributed by atoms with Crippen LogP contribution < -0.4 is 4.90 Å². The molecule has 4 heteroatoms.